The van der Waals surface area contributed by atoms with Crippen molar-refractivity contribution < 1.29 is 9.18 Å². The second kappa shape index (κ2) is 6.91. The molecule has 1 saturated heterocycles. The highest BCUT2D eigenvalue weighted by atomic mass is 19.1. The Hall–Kier alpha value is -3.29. The maximum absolute atomic E-state index is 13.0. The van der Waals surface area contributed by atoms with Crippen molar-refractivity contribution in [1.82, 2.24) is 24.6 Å². The number of rotatable bonds is 3. The number of hydrogen-bond donors (Lipinski definition) is 0. The van der Waals surface area contributed by atoms with Gasteiger partial charge in [-0.15, -0.1) is 10.2 Å². The summed E-state index contributed by atoms with van der Waals surface area (Å²) in [6.07, 6.45) is 5.17. The van der Waals surface area contributed by atoms with Gasteiger partial charge >= 0.3 is 0 Å². The molecule has 4 rings (SSSR count). The van der Waals surface area contributed by atoms with Crippen LogP contribution in [-0.4, -0.2) is 56.7 Å². The Labute approximate surface area is 149 Å². The molecule has 1 fully saturated rings. The van der Waals surface area contributed by atoms with Gasteiger partial charge in [0.2, 0.25) is 0 Å². The minimum atomic E-state index is -0.343. The third-order valence-corrected chi connectivity index (χ3v) is 4.39. The van der Waals surface area contributed by atoms with Crippen molar-refractivity contribution in [1.29, 1.82) is 0 Å². The molecule has 1 amide bonds. The lowest BCUT2D eigenvalue weighted by atomic mass is 10.2. The lowest BCUT2D eigenvalue weighted by Gasteiger charge is -2.35. The zero-order chi connectivity index (χ0) is 17.9. The number of carbonyl (C=O) groups excluding carboxylic acids is 1. The molecule has 1 aromatic carbocycles. The van der Waals surface area contributed by atoms with E-state index in [0.717, 1.165) is 5.82 Å². The van der Waals surface area contributed by atoms with Gasteiger partial charge in [-0.05, 0) is 36.4 Å². The van der Waals surface area contributed by atoms with Gasteiger partial charge in [0.15, 0.2) is 11.6 Å². The number of anilines is 1. The normalized spacial score (nSPS) is 14.5. The molecule has 8 heteroatoms. The first kappa shape index (κ1) is 16.2. The van der Waals surface area contributed by atoms with Crippen LogP contribution in [0.2, 0.25) is 0 Å². The molecule has 2 aromatic heterocycles. The molecule has 0 saturated carbocycles. The van der Waals surface area contributed by atoms with Gasteiger partial charge in [-0.2, -0.15) is 0 Å². The number of amides is 1. The molecule has 0 unspecified atom stereocenters. The van der Waals surface area contributed by atoms with Gasteiger partial charge in [0.05, 0.1) is 0 Å². The molecule has 7 nitrogen and oxygen atoms in total. The van der Waals surface area contributed by atoms with E-state index in [1.54, 1.807) is 22.0 Å². The fourth-order valence-electron chi connectivity index (χ4n) is 2.93. The maximum atomic E-state index is 13.0. The molecule has 0 radical (unpaired) electrons. The average Bonchev–Trinajstić information content (AvgIpc) is 3.23. The lowest BCUT2D eigenvalue weighted by molar-refractivity contribution is 0.0746. The number of halogens is 1. The maximum Gasteiger partial charge on any atom is 0.253 e. The van der Waals surface area contributed by atoms with Crippen LogP contribution >= 0.6 is 0 Å². The Morgan fingerprint density at radius 3 is 2.23 bits per heavy atom. The Kier molecular flexibility index (Phi) is 4.30. The summed E-state index contributed by atoms with van der Waals surface area (Å²) >= 11 is 0. The lowest BCUT2D eigenvalue weighted by Crippen LogP contribution is -2.49. The molecular formula is C18H17FN6O. The summed E-state index contributed by atoms with van der Waals surface area (Å²) in [5, 5.41) is 8.50. The number of hydrogen-bond acceptors (Lipinski definition) is 5. The molecule has 132 valence electrons. The number of imidazole rings is 1. The average molecular weight is 352 g/mol. The minimum absolute atomic E-state index is 0.0776. The Morgan fingerprint density at radius 1 is 0.923 bits per heavy atom. The topological polar surface area (TPSA) is 67.2 Å². The van der Waals surface area contributed by atoms with Gasteiger partial charge in [-0.25, -0.2) is 9.37 Å². The van der Waals surface area contributed by atoms with Crippen LogP contribution in [0.5, 0.6) is 0 Å². The number of carbonyl (C=O) groups is 1. The fraction of sp³-hybridized carbons (Fsp3) is 0.222. The summed E-state index contributed by atoms with van der Waals surface area (Å²) < 4.78 is 14.8. The van der Waals surface area contributed by atoms with Gasteiger partial charge in [0.1, 0.15) is 12.1 Å². The van der Waals surface area contributed by atoms with E-state index in [-0.39, 0.29) is 11.7 Å². The predicted octanol–water partition coefficient (Wildman–Crippen LogP) is 1.76. The molecule has 1 aliphatic rings. The fourth-order valence-corrected chi connectivity index (χ4v) is 2.93. The zero-order valence-corrected chi connectivity index (χ0v) is 14.0. The summed E-state index contributed by atoms with van der Waals surface area (Å²) in [5.74, 6) is 1.06. The summed E-state index contributed by atoms with van der Waals surface area (Å²) in [6.45, 7) is 2.51. The Bertz CT molecular complexity index is 871. The van der Waals surface area contributed by atoms with Crippen molar-refractivity contribution in [3.63, 3.8) is 0 Å². The van der Waals surface area contributed by atoms with Crippen molar-refractivity contribution in [3.05, 3.63) is 66.5 Å². The quantitative estimate of drug-likeness (QED) is 0.719. The third kappa shape index (κ3) is 3.26. The molecule has 1 aliphatic heterocycles. The van der Waals surface area contributed by atoms with Crippen LogP contribution in [0.1, 0.15) is 10.4 Å². The van der Waals surface area contributed by atoms with E-state index in [2.05, 4.69) is 20.1 Å². The molecule has 0 bridgehead atoms. The van der Waals surface area contributed by atoms with Gasteiger partial charge < -0.3 is 9.80 Å². The van der Waals surface area contributed by atoms with Crippen molar-refractivity contribution >= 4 is 11.7 Å². The van der Waals surface area contributed by atoms with E-state index in [0.29, 0.717) is 37.6 Å². The minimum Gasteiger partial charge on any atom is -0.352 e. The first-order valence-electron chi connectivity index (χ1n) is 8.32. The van der Waals surface area contributed by atoms with E-state index in [1.165, 1.54) is 24.3 Å². The van der Waals surface area contributed by atoms with Gasteiger partial charge in [0, 0.05) is 44.1 Å². The predicted molar refractivity (Wildman–Crippen MR) is 93.7 cm³/mol. The number of benzene rings is 1. The van der Waals surface area contributed by atoms with Crippen LogP contribution in [0.15, 0.2) is 55.1 Å². The summed E-state index contributed by atoms with van der Waals surface area (Å²) in [5.41, 5.74) is 0.504. The van der Waals surface area contributed by atoms with Crippen molar-refractivity contribution in [2.24, 2.45) is 0 Å². The van der Waals surface area contributed by atoms with E-state index in [4.69, 9.17) is 0 Å². The summed E-state index contributed by atoms with van der Waals surface area (Å²) in [4.78, 5) is 20.3. The van der Waals surface area contributed by atoms with Crippen molar-refractivity contribution in [2.45, 2.75) is 0 Å². The van der Waals surface area contributed by atoms with Crippen LogP contribution < -0.4 is 4.90 Å². The number of piperazine rings is 1. The molecule has 3 heterocycles. The second-order valence-corrected chi connectivity index (χ2v) is 6.01. The zero-order valence-electron chi connectivity index (χ0n) is 14.0. The first-order valence-corrected chi connectivity index (χ1v) is 8.32. The highest BCUT2D eigenvalue weighted by molar-refractivity contribution is 5.94. The number of nitrogens with zero attached hydrogens (tertiary/aromatic N) is 6. The molecule has 0 N–H and O–H groups in total. The van der Waals surface area contributed by atoms with Crippen LogP contribution in [0.3, 0.4) is 0 Å². The standard InChI is InChI=1S/C18H17FN6O/c19-15-3-1-14(2-4-15)18(26)24-11-9-23(10-12-24)16-5-6-17(22-21-16)25-8-7-20-13-25/h1-8,13H,9-12H2. The SMILES string of the molecule is O=C(c1ccc(F)cc1)N1CCN(c2ccc(-n3ccnc3)nn2)CC1. The summed E-state index contributed by atoms with van der Waals surface area (Å²) in [6, 6.07) is 9.45. The Morgan fingerprint density at radius 2 is 1.62 bits per heavy atom. The largest absolute Gasteiger partial charge is 0.352 e. The van der Waals surface area contributed by atoms with Crippen LogP contribution in [0, 0.1) is 5.82 Å². The highest BCUT2D eigenvalue weighted by Gasteiger charge is 2.23. The smallest absolute Gasteiger partial charge is 0.253 e. The van der Waals surface area contributed by atoms with Gasteiger partial charge in [-0.3, -0.25) is 9.36 Å². The van der Waals surface area contributed by atoms with E-state index >= 15 is 0 Å². The Balaban J connectivity index is 1.39. The highest BCUT2D eigenvalue weighted by Crippen LogP contribution is 2.16. The van der Waals surface area contributed by atoms with Crippen LogP contribution in [-0.2, 0) is 0 Å². The number of aromatic nitrogens is 4. The van der Waals surface area contributed by atoms with Crippen LogP contribution in [0.25, 0.3) is 5.82 Å². The molecule has 0 aliphatic carbocycles. The van der Waals surface area contributed by atoms with Crippen molar-refractivity contribution in [3.8, 4) is 5.82 Å². The third-order valence-electron chi connectivity index (χ3n) is 4.39. The molecule has 26 heavy (non-hydrogen) atoms. The second-order valence-electron chi connectivity index (χ2n) is 6.01. The molecule has 0 spiro atoms. The summed E-state index contributed by atoms with van der Waals surface area (Å²) in [7, 11) is 0. The van der Waals surface area contributed by atoms with Gasteiger partial charge in [-0.1, -0.05) is 0 Å². The molecule has 3 aromatic rings. The van der Waals surface area contributed by atoms with E-state index in [1.807, 2.05) is 18.3 Å². The van der Waals surface area contributed by atoms with E-state index < -0.39 is 0 Å². The van der Waals surface area contributed by atoms with Crippen molar-refractivity contribution in [2.75, 3.05) is 31.1 Å². The van der Waals surface area contributed by atoms with Gasteiger partial charge in [0.25, 0.3) is 5.91 Å². The van der Waals surface area contributed by atoms with E-state index in [9.17, 15) is 9.18 Å². The first-order chi connectivity index (χ1) is 12.7. The monoisotopic (exact) mass is 352 g/mol. The molecule has 0 atom stereocenters. The van der Waals surface area contributed by atoms with Crippen LogP contribution in [0.4, 0.5) is 10.2 Å². The molecular weight excluding hydrogens is 335 g/mol.